The van der Waals surface area contributed by atoms with E-state index in [1.807, 2.05) is 0 Å². The van der Waals surface area contributed by atoms with Gasteiger partial charge in [0, 0.05) is 10.6 Å². The van der Waals surface area contributed by atoms with Crippen LogP contribution in [-0.2, 0) is 4.79 Å². The Balaban J connectivity index is 2.58. The van der Waals surface area contributed by atoms with E-state index in [-0.39, 0.29) is 5.69 Å². The first kappa shape index (κ1) is 11.8. The molecule has 0 spiro atoms. The van der Waals surface area contributed by atoms with Gasteiger partial charge < -0.3 is 10.8 Å². The lowest BCUT2D eigenvalue weighted by Crippen LogP contribution is -2.11. The third-order valence-corrected chi connectivity index (χ3v) is 3.15. The molecular weight excluding hydrogens is 217 g/mol. The monoisotopic (exact) mass is 229 g/mol. The highest BCUT2D eigenvalue weighted by molar-refractivity contribution is 7.99. The summed E-state index contributed by atoms with van der Waals surface area (Å²) in [5, 5.41) is 8.65. The third kappa shape index (κ3) is 3.43. The van der Waals surface area contributed by atoms with Crippen molar-refractivity contribution >= 4 is 23.4 Å². The SMILES string of the molecule is CC(CSc1ccc(N)c(F)c1)C(=O)O. The highest BCUT2D eigenvalue weighted by Gasteiger charge is 2.11. The Labute approximate surface area is 91.5 Å². The molecule has 15 heavy (non-hydrogen) atoms. The van der Waals surface area contributed by atoms with Gasteiger partial charge in [0.2, 0.25) is 0 Å². The lowest BCUT2D eigenvalue weighted by atomic mass is 10.2. The van der Waals surface area contributed by atoms with Gasteiger partial charge in [0.25, 0.3) is 0 Å². The minimum Gasteiger partial charge on any atom is -0.481 e. The predicted molar refractivity (Wildman–Crippen MR) is 58.3 cm³/mol. The molecule has 1 aromatic rings. The Morgan fingerprint density at radius 2 is 2.33 bits per heavy atom. The van der Waals surface area contributed by atoms with E-state index in [9.17, 15) is 9.18 Å². The van der Waals surface area contributed by atoms with Crippen molar-refractivity contribution in [3.63, 3.8) is 0 Å². The summed E-state index contributed by atoms with van der Waals surface area (Å²) < 4.78 is 13.0. The zero-order valence-electron chi connectivity index (χ0n) is 8.24. The summed E-state index contributed by atoms with van der Waals surface area (Å²) in [5.41, 5.74) is 5.42. The van der Waals surface area contributed by atoms with Crippen LogP contribution < -0.4 is 5.73 Å². The fourth-order valence-electron chi connectivity index (χ4n) is 0.890. The number of halogens is 1. The third-order valence-electron chi connectivity index (χ3n) is 1.89. The van der Waals surface area contributed by atoms with Crippen LogP contribution in [0.15, 0.2) is 23.1 Å². The molecule has 5 heteroatoms. The van der Waals surface area contributed by atoms with E-state index in [1.165, 1.54) is 23.9 Å². The molecule has 0 radical (unpaired) electrons. The molecular formula is C10H12FNO2S. The average molecular weight is 229 g/mol. The summed E-state index contributed by atoms with van der Waals surface area (Å²) in [6.07, 6.45) is 0. The number of aliphatic carboxylic acids is 1. The molecule has 1 atom stereocenters. The lowest BCUT2D eigenvalue weighted by Gasteiger charge is -2.06. The van der Waals surface area contributed by atoms with Gasteiger partial charge in [-0.15, -0.1) is 11.8 Å². The van der Waals surface area contributed by atoms with Crippen LogP contribution in [-0.4, -0.2) is 16.8 Å². The summed E-state index contributed by atoms with van der Waals surface area (Å²) in [5.74, 6) is -1.35. The molecule has 0 aliphatic heterocycles. The van der Waals surface area contributed by atoms with E-state index in [2.05, 4.69) is 0 Å². The minimum absolute atomic E-state index is 0.102. The Morgan fingerprint density at radius 3 is 2.87 bits per heavy atom. The predicted octanol–water partition coefficient (Wildman–Crippen LogP) is 2.22. The number of hydrogen-bond acceptors (Lipinski definition) is 3. The molecule has 1 unspecified atom stereocenters. The zero-order chi connectivity index (χ0) is 11.4. The highest BCUT2D eigenvalue weighted by Crippen LogP contribution is 2.23. The number of thioether (sulfide) groups is 1. The van der Waals surface area contributed by atoms with Crippen molar-refractivity contribution in [2.24, 2.45) is 5.92 Å². The van der Waals surface area contributed by atoms with Crippen molar-refractivity contribution in [1.29, 1.82) is 0 Å². The van der Waals surface area contributed by atoms with Gasteiger partial charge in [-0.2, -0.15) is 0 Å². The van der Waals surface area contributed by atoms with E-state index in [1.54, 1.807) is 13.0 Å². The first-order chi connectivity index (χ1) is 7.00. The van der Waals surface area contributed by atoms with Crippen molar-refractivity contribution in [3.05, 3.63) is 24.0 Å². The van der Waals surface area contributed by atoms with Crippen molar-refractivity contribution in [1.82, 2.24) is 0 Å². The topological polar surface area (TPSA) is 63.3 Å². The Bertz CT molecular complexity index is 370. The first-order valence-corrected chi connectivity index (χ1v) is 5.40. The van der Waals surface area contributed by atoms with Crippen molar-refractivity contribution in [2.45, 2.75) is 11.8 Å². The van der Waals surface area contributed by atoms with Crippen LogP contribution in [0.2, 0.25) is 0 Å². The molecule has 1 rings (SSSR count). The largest absolute Gasteiger partial charge is 0.481 e. The number of nitrogen functional groups attached to an aromatic ring is 1. The number of rotatable bonds is 4. The van der Waals surface area contributed by atoms with Crippen LogP contribution in [0.25, 0.3) is 0 Å². The van der Waals surface area contributed by atoms with E-state index in [0.717, 1.165) is 0 Å². The normalized spacial score (nSPS) is 12.4. The van der Waals surface area contributed by atoms with Gasteiger partial charge in [-0.05, 0) is 18.2 Å². The van der Waals surface area contributed by atoms with E-state index in [0.29, 0.717) is 10.6 Å². The van der Waals surface area contributed by atoms with Crippen LogP contribution in [0.1, 0.15) is 6.92 Å². The first-order valence-electron chi connectivity index (χ1n) is 4.41. The molecule has 0 saturated carbocycles. The van der Waals surface area contributed by atoms with Gasteiger partial charge in [0.05, 0.1) is 11.6 Å². The van der Waals surface area contributed by atoms with Gasteiger partial charge >= 0.3 is 5.97 Å². The molecule has 0 heterocycles. The number of anilines is 1. The summed E-state index contributed by atoms with van der Waals surface area (Å²) >= 11 is 1.30. The molecule has 0 bridgehead atoms. The highest BCUT2D eigenvalue weighted by atomic mass is 32.2. The van der Waals surface area contributed by atoms with E-state index >= 15 is 0 Å². The molecule has 82 valence electrons. The summed E-state index contributed by atoms with van der Waals surface area (Å²) in [6.45, 7) is 1.61. The Hall–Kier alpha value is -1.23. The Kier molecular flexibility index (Phi) is 3.96. The number of carboxylic acids is 1. The fourth-order valence-corrected chi connectivity index (χ4v) is 1.83. The number of benzene rings is 1. The Morgan fingerprint density at radius 1 is 1.67 bits per heavy atom. The number of nitrogens with two attached hydrogens (primary N) is 1. The quantitative estimate of drug-likeness (QED) is 0.614. The average Bonchev–Trinajstić information content (AvgIpc) is 2.19. The molecule has 0 fully saturated rings. The van der Waals surface area contributed by atoms with Gasteiger partial charge in [0.1, 0.15) is 5.82 Å². The van der Waals surface area contributed by atoms with E-state index < -0.39 is 17.7 Å². The molecule has 3 nitrogen and oxygen atoms in total. The van der Waals surface area contributed by atoms with Crippen molar-refractivity contribution in [2.75, 3.05) is 11.5 Å². The van der Waals surface area contributed by atoms with Crippen LogP contribution in [0.4, 0.5) is 10.1 Å². The van der Waals surface area contributed by atoms with Gasteiger partial charge in [0.15, 0.2) is 0 Å². The smallest absolute Gasteiger partial charge is 0.307 e. The van der Waals surface area contributed by atoms with Crippen LogP contribution in [0.5, 0.6) is 0 Å². The maximum Gasteiger partial charge on any atom is 0.307 e. The molecule has 0 amide bonds. The van der Waals surface area contributed by atoms with Crippen LogP contribution in [0.3, 0.4) is 0 Å². The van der Waals surface area contributed by atoms with Crippen LogP contribution >= 0.6 is 11.8 Å². The zero-order valence-corrected chi connectivity index (χ0v) is 9.05. The molecule has 3 N–H and O–H groups in total. The molecule has 0 aliphatic carbocycles. The van der Waals surface area contributed by atoms with Gasteiger partial charge in [-0.1, -0.05) is 6.92 Å². The van der Waals surface area contributed by atoms with Gasteiger partial charge in [-0.25, -0.2) is 4.39 Å². The number of carboxylic acid groups (broad SMARTS) is 1. The summed E-state index contributed by atoms with van der Waals surface area (Å²) in [7, 11) is 0. The summed E-state index contributed by atoms with van der Waals surface area (Å²) in [6, 6.07) is 4.47. The number of carbonyl (C=O) groups is 1. The molecule has 0 aliphatic rings. The number of hydrogen-bond donors (Lipinski definition) is 2. The van der Waals surface area contributed by atoms with Gasteiger partial charge in [-0.3, -0.25) is 4.79 Å². The van der Waals surface area contributed by atoms with Crippen molar-refractivity contribution < 1.29 is 14.3 Å². The second-order valence-electron chi connectivity index (χ2n) is 3.23. The maximum atomic E-state index is 13.0. The van der Waals surface area contributed by atoms with Crippen molar-refractivity contribution in [3.8, 4) is 0 Å². The molecule has 0 saturated heterocycles. The maximum absolute atomic E-state index is 13.0. The second-order valence-corrected chi connectivity index (χ2v) is 4.33. The fraction of sp³-hybridized carbons (Fsp3) is 0.300. The molecule has 1 aromatic carbocycles. The molecule has 0 aromatic heterocycles. The lowest BCUT2D eigenvalue weighted by molar-refractivity contribution is -0.140. The standard InChI is InChI=1S/C10H12FNO2S/c1-6(10(13)14)5-15-7-2-3-9(12)8(11)4-7/h2-4,6H,5,12H2,1H3,(H,13,14). The second kappa shape index (κ2) is 5.02. The van der Waals surface area contributed by atoms with E-state index in [4.69, 9.17) is 10.8 Å². The minimum atomic E-state index is -0.849. The van der Waals surface area contributed by atoms with Crippen LogP contribution in [0, 0.1) is 11.7 Å². The summed E-state index contributed by atoms with van der Waals surface area (Å²) in [4.78, 5) is 11.2.